The molecule has 1 rings (SSSR count). The van der Waals surface area contributed by atoms with E-state index in [1.807, 2.05) is 20.8 Å². The van der Waals surface area contributed by atoms with Crippen molar-refractivity contribution in [1.82, 2.24) is 5.32 Å². The Kier molecular flexibility index (Phi) is 4.24. The summed E-state index contributed by atoms with van der Waals surface area (Å²) in [6.45, 7) is 7.14. The lowest BCUT2D eigenvalue weighted by Crippen LogP contribution is -2.40. The quantitative estimate of drug-likeness (QED) is 0.838. The van der Waals surface area contributed by atoms with Gasteiger partial charge in [0.2, 0.25) is 0 Å². The van der Waals surface area contributed by atoms with Gasteiger partial charge in [0.1, 0.15) is 23.0 Å². The van der Waals surface area contributed by atoms with E-state index in [0.29, 0.717) is 6.54 Å². The molecule has 0 aliphatic rings. The molecule has 0 atom stereocenters. The molecule has 1 aromatic carbocycles. The lowest BCUT2D eigenvalue weighted by Gasteiger charge is -2.26. The predicted octanol–water partition coefficient (Wildman–Crippen LogP) is 2.73. The van der Waals surface area contributed by atoms with Crippen LogP contribution in [0.25, 0.3) is 0 Å². The molecule has 0 aliphatic carbocycles. The van der Waals surface area contributed by atoms with Crippen LogP contribution in [0.4, 0.5) is 8.78 Å². The number of benzene rings is 1. The fourth-order valence-electron chi connectivity index (χ4n) is 1.37. The Bertz CT molecular complexity index is 333. The molecular weight excluding hydrogens is 212 g/mol. The van der Waals surface area contributed by atoms with E-state index in [-0.39, 0.29) is 5.75 Å². The number of rotatable bonds is 5. The van der Waals surface area contributed by atoms with E-state index in [2.05, 4.69) is 5.32 Å². The Labute approximate surface area is 94.6 Å². The van der Waals surface area contributed by atoms with Gasteiger partial charge in [0.05, 0.1) is 0 Å². The van der Waals surface area contributed by atoms with Gasteiger partial charge in [-0.2, -0.15) is 0 Å². The lowest BCUT2D eigenvalue weighted by atomic mass is 10.1. The Hall–Kier alpha value is -1.16. The number of likely N-dealkylation sites (N-methyl/N-ethyl adjacent to an activating group) is 1. The average molecular weight is 229 g/mol. The molecule has 2 nitrogen and oxygen atoms in total. The molecule has 0 unspecified atom stereocenters. The van der Waals surface area contributed by atoms with E-state index in [9.17, 15) is 8.78 Å². The third-order valence-electron chi connectivity index (χ3n) is 2.03. The summed E-state index contributed by atoms with van der Waals surface area (Å²) in [6, 6.07) is 3.18. The minimum atomic E-state index is -0.630. The van der Waals surface area contributed by atoms with Gasteiger partial charge in [-0.05, 0) is 20.4 Å². The van der Waals surface area contributed by atoms with E-state index in [1.165, 1.54) is 12.1 Å². The molecule has 90 valence electrons. The van der Waals surface area contributed by atoms with Crippen LogP contribution >= 0.6 is 0 Å². The molecule has 0 heterocycles. The zero-order chi connectivity index (χ0) is 12.2. The van der Waals surface area contributed by atoms with Crippen molar-refractivity contribution in [2.75, 3.05) is 13.1 Å². The molecule has 16 heavy (non-hydrogen) atoms. The number of nitrogens with one attached hydrogen (secondary N) is 1. The van der Waals surface area contributed by atoms with Gasteiger partial charge in [0, 0.05) is 24.7 Å². The number of halogens is 2. The van der Waals surface area contributed by atoms with Gasteiger partial charge in [-0.3, -0.25) is 0 Å². The molecular formula is C12H17F2NO. The van der Waals surface area contributed by atoms with Crippen molar-refractivity contribution in [1.29, 1.82) is 0 Å². The van der Waals surface area contributed by atoms with Crippen molar-refractivity contribution in [3.05, 3.63) is 29.8 Å². The molecule has 1 N–H and O–H groups in total. The van der Waals surface area contributed by atoms with Gasteiger partial charge >= 0.3 is 0 Å². The Morgan fingerprint density at radius 3 is 2.25 bits per heavy atom. The van der Waals surface area contributed by atoms with Crippen molar-refractivity contribution in [2.24, 2.45) is 0 Å². The Balaban J connectivity index is 2.71. The van der Waals surface area contributed by atoms with E-state index in [4.69, 9.17) is 4.74 Å². The molecule has 0 radical (unpaired) electrons. The summed E-state index contributed by atoms with van der Waals surface area (Å²) >= 11 is 0. The minimum Gasteiger partial charge on any atom is -0.486 e. The normalized spacial score (nSPS) is 11.6. The van der Waals surface area contributed by atoms with Crippen LogP contribution in [0.15, 0.2) is 18.2 Å². The molecule has 4 heteroatoms. The molecule has 0 saturated heterocycles. The topological polar surface area (TPSA) is 21.3 Å². The first-order valence-corrected chi connectivity index (χ1v) is 5.29. The van der Waals surface area contributed by atoms with Crippen molar-refractivity contribution in [3.8, 4) is 5.75 Å². The van der Waals surface area contributed by atoms with Gasteiger partial charge in [-0.1, -0.05) is 6.92 Å². The maximum absolute atomic E-state index is 12.9. The molecule has 1 aromatic rings. The van der Waals surface area contributed by atoms with Gasteiger partial charge in [0.15, 0.2) is 0 Å². The van der Waals surface area contributed by atoms with Gasteiger partial charge < -0.3 is 10.1 Å². The summed E-state index contributed by atoms with van der Waals surface area (Å²) in [7, 11) is 0. The predicted molar refractivity (Wildman–Crippen MR) is 59.6 cm³/mol. The fraction of sp³-hybridized carbons (Fsp3) is 0.500. The number of ether oxygens (including phenoxy) is 1. The zero-order valence-corrected chi connectivity index (χ0v) is 9.81. The average Bonchev–Trinajstić information content (AvgIpc) is 2.12. The highest BCUT2D eigenvalue weighted by molar-refractivity contribution is 5.24. The third-order valence-corrected chi connectivity index (χ3v) is 2.03. The van der Waals surface area contributed by atoms with Crippen molar-refractivity contribution < 1.29 is 13.5 Å². The lowest BCUT2D eigenvalue weighted by molar-refractivity contribution is 0.108. The second-order valence-electron chi connectivity index (χ2n) is 4.25. The van der Waals surface area contributed by atoms with Crippen LogP contribution in [-0.4, -0.2) is 18.7 Å². The smallest absolute Gasteiger partial charge is 0.129 e. The first-order chi connectivity index (χ1) is 7.43. The SMILES string of the molecule is CCNCC(C)(C)Oc1cc(F)cc(F)c1. The van der Waals surface area contributed by atoms with Crippen LogP contribution in [-0.2, 0) is 0 Å². The molecule has 0 spiro atoms. The Morgan fingerprint density at radius 1 is 1.19 bits per heavy atom. The van der Waals surface area contributed by atoms with Crippen LogP contribution < -0.4 is 10.1 Å². The fourth-order valence-corrected chi connectivity index (χ4v) is 1.37. The van der Waals surface area contributed by atoms with Gasteiger partial charge in [0.25, 0.3) is 0 Å². The van der Waals surface area contributed by atoms with Crippen LogP contribution in [0.3, 0.4) is 0 Å². The second-order valence-corrected chi connectivity index (χ2v) is 4.25. The molecule has 0 aliphatic heterocycles. The summed E-state index contributed by atoms with van der Waals surface area (Å²) in [4.78, 5) is 0. The molecule has 0 bridgehead atoms. The van der Waals surface area contributed by atoms with Crippen LogP contribution in [0.2, 0.25) is 0 Å². The van der Waals surface area contributed by atoms with E-state index in [1.54, 1.807) is 0 Å². The highest BCUT2D eigenvalue weighted by Gasteiger charge is 2.19. The van der Waals surface area contributed by atoms with E-state index >= 15 is 0 Å². The van der Waals surface area contributed by atoms with Crippen molar-refractivity contribution in [2.45, 2.75) is 26.4 Å². The number of hydrogen-bond acceptors (Lipinski definition) is 2. The summed E-state index contributed by atoms with van der Waals surface area (Å²) in [5, 5.41) is 3.13. The first-order valence-electron chi connectivity index (χ1n) is 5.29. The first kappa shape index (κ1) is 12.9. The third kappa shape index (κ3) is 4.14. The standard InChI is InChI=1S/C12H17F2NO/c1-4-15-8-12(2,3)16-11-6-9(13)5-10(14)7-11/h5-7,15H,4,8H2,1-3H3. The maximum Gasteiger partial charge on any atom is 0.129 e. The highest BCUT2D eigenvalue weighted by atomic mass is 19.1. The summed E-state index contributed by atoms with van der Waals surface area (Å²) in [5.41, 5.74) is -0.504. The van der Waals surface area contributed by atoms with E-state index < -0.39 is 17.2 Å². The van der Waals surface area contributed by atoms with E-state index in [0.717, 1.165) is 12.6 Å². The monoisotopic (exact) mass is 229 g/mol. The van der Waals surface area contributed by atoms with Gasteiger partial charge in [-0.25, -0.2) is 8.78 Å². The number of hydrogen-bond donors (Lipinski definition) is 1. The van der Waals surface area contributed by atoms with Crippen LogP contribution in [0.1, 0.15) is 20.8 Å². The summed E-state index contributed by atoms with van der Waals surface area (Å²) < 4.78 is 31.4. The summed E-state index contributed by atoms with van der Waals surface area (Å²) in [6.07, 6.45) is 0. The minimum absolute atomic E-state index is 0.209. The highest BCUT2D eigenvalue weighted by Crippen LogP contribution is 2.20. The van der Waals surface area contributed by atoms with Crippen molar-refractivity contribution >= 4 is 0 Å². The largest absolute Gasteiger partial charge is 0.486 e. The zero-order valence-electron chi connectivity index (χ0n) is 9.81. The molecule has 0 saturated carbocycles. The maximum atomic E-state index is 12.9. The van der Waals surface area contributed by atoms with Crippen LogP contribution in [0, 0.1) is 11.6 Å². The second kappa shape index (κ2) is 5.25. The molecule has 0 fully saturated rings. The molecule has 0 amide bonds. The Morgan fingerprint density at radius 2 is 1.75 bits per heavy atom. The van der Waals surface area contributed by atoms with Crippen LogP contribution in [0.5, 0.6) is 5.75 Å². The van der Waals surface area contributed by atoms with Crippen molar-refractivity contribution in [3.63, 3.8) is 0 Å². The summed E-state index contributed by atoms with van der Waals surface area (Å²) in [5.74, 6) is -1.05. The van der Waals surface area contributed by atoms with Gasteiger partial charge in [-0.15, -0.1) is 0 Å². The molecule has 0 aromatic heterocycles.